The molecule has 0 saturated carbocycles. The van der Waals surface area contributed by atoms with E-state index < -0.39 is 38.3 Å². The number of hydrogen-bond acceptors (Lipinski definition) is 4. The van der Waals surface area contributed by atoms with Crippen molar-refractivity contribution in [2.75, 3.05) is 11.8 Å². The molecule has 0 unspecified atom stereocenters. The first-order valence-corrected chi connectivity index (χ1v) is 10.1. The number of nitrogens with one attached hydrogen (secondary N) is 2. The average Bonchev–Trinajstić information content (AvgIpc) is 2.61. The molecular formula is C18H18ClF3N2O4S. The van der Waals surface area contributed by atoms with Crippen LogP contribution >= 0.6 is 11.6 Å². The second kappa shape index (κ2) is 8.50. The van der Waals surface area contributed by atoms with E-state index in [1.54, 1.807) is 13.8 Å². The number of ether oxygens (including phenoxy) is 1. The standard InChI is InChI=1S/C18H18ClF3N2O4S/c1-10(2)23-17(25)13-9-12(5-7-16(13)28-3)29(26,27)24-15-6-4-11(19)8-14(15)18(20,21)22/h4-10,24H,1-3H3,(H,23,25). The predicted octanol–water partition coefficient (Wildman–Crippen LogP) is 4.31. The van der Waals surface area contributed by atoms with Crippen LogP contribution < -0.4 is 14.8 Å². The molecule has 0 aliphatic carbocycles. The van der Waals surface area contributed by atoms with Gasteiger partial charge >= 0.3 is 6.18 Å². The minimum atomic E-state index is -4.83. The Balaban J connectivity index is 2.49. The highest BCUT2D eigenvalue weighted by molar-refractivity contribution is 7.92. The summed E-state index contributed by atoms with van der Waals surface area (Å²) in [7, 11) is -3.14. The lowest BCUT2D eigenvalue weighted by atomic mass is 10.2. The highest BCUT2D eigenvalue weighted by Crippen LogP contribution is 2.37. The van der Waals surface area contributed by atoms with Gasteiger partial charge in [0.05, 0.1) is 28.8 Å². The van der Waals surface area contributed by atoms with Crippen molar-refractivity contribution < 1.29 is 31.1 Å². The van der Waals surface area contributed by atoms with E-state index in [2.05, 4.69) is 5.32 Å². The first-order valence-electron chi connectivity index (χ1n) is 8.23. The Bertz CT molecular complexity index is 1020. The van der Waals surface area contributed by atoms with Crippen LogP contribution in [0.2, 0.25) is 5.02 Å². The van der Waals surface area contributed by atoms with Gasteiger partial charge in [-0.2, -0.15) is 13.2 Å². The highest BCUT2D eigenvalue weighted by atomic mass is 35.5. The molecule has 0 aromatic heterocycles. The van der Waals surface area contributed by atoms with Crippen molar-refractivity contribution in [2.24, 2.45) is 0 Å². The molecule has 29 heavy (non-hydrogen) atoms. The number of carbonyl (C=O) groups excluding carboxylic acids is 1. The summed E-state index contributed by atoms with van der Waals surface area (Å²) in [6.45, 7) is 3.43. The van der Waals surface area contributed by atoms with Crippen LogP contribution in [0, 0.1) is 0 Å². The van der Waals surface area contributed by atoms with Crippen molar-refractivity contribution in [3.05, 3.63) is 52.5 Å². The normalized spacial score (nSPS) is 12.0. The van der Waals surface area contributed by atoms with Crippen molar-refractivity contribution in [1.29, 1.82) is 0 Å². The molecule has 2 rings (SSSR count). The minimum absolute atomic E-state index is 0.0729. The van der Waals surface area contributed by atoms with Crippen molar-refractivity contribution >= 4 is 33.2 Å². The van der Waals surface area contributed by atoms with Crippen LogP contribution in [0.5, 0.6) is 5.75 Å². The fourth-order valence-corrected chi connectivity index (χ4v) is 3.69. The number of hydrogen-bond donors (Lipinski definition) is 2. The lowest BCUT2D eigenvalue weighted by Gasteiger charge is -2.16. The van der Waals surface area contributed by atoms with Gasteiger partial charge in [-0.3, -0.25) is 9.52 Å². The number of carbonyl (C=O) groups is 1. The Hall–Kier alpha value is -2.46. The lowest BCUT2D eigenvalue weighted by molar-refractivity contribution is -0.136. The molecule has 0 heterocycles. The van der Waals surface area contributed by atoms with Gasteiger partial charge in [0.1, 0.15) is 5.75 Å². The number of anilines is 1. The molecule has 158 valence electrons. The summed E-state index contributed by atoms with van der Waals surface area (Å²) in [4.78, 5) is 11.9. The number of alkyl halides is 3. The average molecular weight is 451 g/mol. The van der Waals surface area contributed by atoms with E-state index in [0.717, 1.165) is 24.3 Å². The molecule has 0 radical (unpaired) electrons. The van der Waals surface area contributed by atoms with Crippen LogP contribution in [0.3, 0.4) is 0 Å². The van der Waals surface area contributed by atoms with Crippen molar-refractivity contribution in [1.82, 2.24) is 5.32 Å². The monoisotopic (exact) mass is 450 g/mol. The van der Waals surface area contributed by atoms with Gasteiger partial charge in [0.25, 0.3) is 15.9 Å². The summed E-state index contributed by atoms with van der Waals surface area (Å²) in [6, 6.07) is 5.83. The third-order valence-corrected chi connectivity index (χ3v) is 5.28. The van der Waals surface area contributed by atoms with Gasteiger partial charge in [0.15, 0.2) is 0 Å². The Morgan fingerprint density at radius 2 is 1.79 bits per heavy atom. The first kappa shape index (κ1) is 22.8. The molecule has 1 amide bonds. The van der Waals surface area contributed by atoms with Crippen molar-refractivity contribution in [2.45, 2.75) is 31.0 Å². The van der Waals surface area contributed by atoms with Gasteiger partial charge in [0.2, 0.25) is 0 Å². The quantitative estimate of drug-likeness (QED) is 0.687. The van der Waals surface area contributed by atoms with E-state index in [1.165, 1.54) is 13.2 Å². The Morgan fingerprint density at radius 3 is 2.34 bits per heavy atom. The predicted molar refractivity (Wildman–Crippen MR) is 103 cm³/mol. The largest absolute Gasteiger partial charge is 0.496 e. The number of rotatable bonds is 6. The number of benzene rings is 2. The summed E-state index contributed by atoms with van der Waals surface area (Å²) < 4.78 is 72.0. The van der Waals surface area contributed by atoms with Gasteiger partial charge in [-0.1, -0.05) is 11.6 Å². The van der Waals surface area contributed by atoms with Gasteiger partial charge < -0.3 is 10.1 Å². The molecule has 2 aromatic rings. The van der Waals surface area contributed by atoms with Gasteiger partial charge in [-0.15, -0.1) is 0 Å². The van der Waals surface area contributed by atoms with Crippen LogP contribution in [0.4, 0.5) is 18.9 Å². The summed E-state index contributed by atoms with van der Waals surface area (Å²) in [5.41, 5.74) is -2.00. The Morgan fingerprint density at radius 1 is 1.14 bits per heavy atom. The second-order valence-corrected chi connectivity index (χ2v) is 8.40. The Kier molecular flexibility index (Phi) is 6.69. The minimum Gasteiger partial charge on any atom is -0.496 e. The van der Waals surface area contributed by atoms with Gasteiger partial charge in [0, 0.05) is 11.1 Å². The van der Waals surface area contributed by atoms with Crippen molar-refractivity contribution in [3.8, 4) is 5.75 Å². The number of amides is 1. The molecule has 2 aromatic carbocycles. The number of methoxy groups -OCH3 is 1. The SMILES string of the molecule is COc1ccc(S(=O)(=O)Nc2ccc(Cl)cc2C(F)(F)F)cc1C(=O)NC(C)C. The van der Waals surface area contributed by atoms with E-state index in [9.17, 15) is 26.4 Å². The third kappa shape index (κ3) is 5.54. The molecule has 0 bridgehead atoms. The maximum Gasteiger partial charge on any atom is 0.418 e. The molecular weight excluding hydrogens is 433 g/mol. The topological polar surface area (TPSA) is 84.5 Å². The zero-order chi connectivity index (χ0) is 22.0. The maximum absolute atomic E-state index is 13.2. The zero-order valence-corrected chi connectivity index (χ0v) is 17.2. The molecule has 6 nitrogen and oxygen atoms in total. The molecule has 2 N–H and O–H groups in total. The number of sulfonamides is 1. The molecule has 11 heteroatoms. The highest BCUT2D eigenvalue weighted by Gasteiger charge is 2.35. The van der Waals surface area contributed by atoms with Gasteiger partial charge in [-0.25, -0.2) is 8.42 Å². The molecule has 0 spiro atoms. The second-order valence-electron chi connectivity index (χ2n) is 6.28. The van der Waals surface area contributed by atoms with Crippen LogP contribution in [0.1, 0.15) is 29.8 Å². The fourth-order valence-electron chi connectivity index (χ4n) is 2.42. The van der Waals surface area contributed by atoms with Crippen LogP contribution in [0.25, 0.3) is 0 Å². The molecule has 0 aliphatic heterocycles. The zero-order valence-electron chi connectivity index (χ0n) is 15.6. The summed E-state index contributed by atoms with van der Waals surface area (Å²) in [5, 5.41) is 2.40. The summed E-state index contributed by atoms with van der Waals surface area (Å²) in [6.07, 6.45) is -4.83. The van der Waals surface area contributed by atoms with Crippen molar-refractivity contribution in [3.63, 3.8) is 0 Å². The molecule has 0 fully saturated rings. The van der Waals surface area contributed by atoms with Gasteiger partial charge in [-0.05, 0) is 50.2 Å². The van der Waals surface area contributed by atoms with E-state index >= 15 is 0 Å². The smallest absolute Gasteiger partial charge is 0.418 e. The van der Waals surface area contributed by atoms with Crippen LogP contribution in [-0.4, -0.2) is 27.5 Å². The molecule has 0 saturated heterocycles. The van der Waals surface area contributed by atoms with E-state index in [0.29, 0.717) is 6.07 Å². The maximum atomic E-state index is 13.2. The lowest BCUT2D eigenvalue weighted by Crippen LogP contribution is -2.30. The van der Waals surface area contributed by atoms with E-state index in [1.807, 2.05) is 4.72 Å². The summed E-state index contributed by atoms with van der Waals surface area (Å²) >= 11 is 5.61. The third-order valence-electron chi connectivity index (χ3n) is 3.68. The van der Waals surface area contributed by atoms with E-state index in [4.69, 9.17) is 16.3 Å². The molecule has 0 atom stereocenters. The number of halogens is 4. The first-order chi connectivity index (χ1) is 13.3. The Labute approximate surface area is 171 Å². The van der Waals surface area contributed by atoms with E-state index in [-0.39, 0.29) is 22.4 Å². The fraction of sp³-hybridized carbons (Fsp3) is 0.278. The van der Waals surface area contributed by atoms with Crippen LogP contribution in [0.15, 0.2) is 41.3 Å². The summed E-state index contributed by atoms with van der Waals surface area (Å²) in [5.74, 6) is -0.471. The van der Waals surface area contributed by atoms with Crippen LogP contribution in [-0.2, 0) is 16.2 Å². The molecule has 0 aliphatic rings.